The maximum atomic E-state index is 14.3. The molecule has 2 nitrogen and oxygen atoms in total. The predicted octanol–water partition coefficient (Wildman–Crippen LogP) is 8.28. The topological polar surface area (TPSA) is 26.3 Å². The van der Waals surface area contributed by atoms with Crippen LogP contribution in [-0.4, -0.2) is 19.3 Å². The van der Waals surface area contributed by atoms with Gasteiger partial charge in [-0.1, -0.05) is 72.9 Å². The lowest BCUT2D eigenvalue weighted by molar-refractivity contribution is -0.143. The van der Waals surface area contributed by atoms with Gasteiger partial charge in [-0.05, 0) is 74.4 Å². The number of alkyl halides is 3. The van der Waals surface area contributed by atoms with Crippen LogP contribution in [0.1, 0.15) is 41.7 Å². The van der Waals surface area contributed by atoms with Crippen molar-refractivity contribution >= 4 is 11.5 Å². The third kappa shape index (κ3) is 8.43. The highest BCUT2D eigenvalue weighted by molar-refractivity contribution is 5.82. The Morgan fingerprint density at radius 2 is 1.77 bits per heavy atom. The molecule has 5 heteroatoms. The average Bonchev–Trinajstić information content (AvgIpc) is 2.78. The molecular formula is C30H35F3O2. The fraction of sp³-hybridized carbons (Fsp3) is 0.300. The quantitative estimate of drug-likeness (QED) is 0.211. The summed E-state index contributed by atoms with van der Waals surface area (Å²) in [6.45, 7) is 16.0. The second-order valence-corrected chi connectivity index (χ2v) is 8.29. The van der Waals surface area contributed by atoms with Crippen LogP contribution < -0.4 is 0 Å². The number of methoxy groups -OCH3 is 1. The van der Waals surface area contributed by atoms with Gasteiger partial charge in [0.15, 0.2) is 0 Å². The van der Waals surface area contributed by atoms with E-state index in [1.54, 1.807) is 25.1 Å². The monoisotopic (exact) mass is 484 g/mol. The van der Waals surface area contributed by atoms with E-state index in [9.17, 15) is 18.0 Å². The molecule has 0 aliphatic rings. The molecule has 0 N–H and O–H groups in total. The van der Waals surface area contributed by atoms with Crippen LogP contribution in [0.3, 0.4) is 0 Å². The van der Waals surface area contributed by atoms with Gasteiger partial charge in [0.05, 0.1) is 18.6 Å². The molecular weight excluding hydrogens is 449 g/mol. The molecule has 1 rings (SSSR count). The van der Waals surface area contributed by atoms with Crippen LogP contribution in [0.4, 0.5) is 13.2 Å². The summed E-state index contributed by atoms with van der Waals surface area (Å²) in [5.41, 5.74) is 3.09. The van der Waals surface area contributed by atoms with Crippen molar-refractivity contribution < 1.29 is 22.7 Å². The molecule has 0 unspecified atom stereocenters. The predicted molar refractivity (Wildman–Crippen MR) is 139 cm³/mol. The van der Waals surface area contributed by atoms with E-state index in [4.69, 9.17) is 4.74 Å². The first kappa shape index (κ1) is 29.7. The molecule has 188 valence electrons. The molecule has 0 radical (unpaired) electrons. The smallest absolute Gasteiger partial charge is 0.417 e. The summed E-state index contributed by atoms with van der Waals surface area (Å²) in [6, 6.07) is 9.15. The number of carbonyl (C=O) groups is 1. The molecule has 0 fully saturated rings. The van der Waals surface area contributed by atoms with E-state index in [0.29, 0.717) is 17.5 Å². The molecule has 1 aromatic carbocycles. The molecule has 0 bridgehead atoms. The van der Waals surface area contributed by atoms with Gasteiger partial charge in [-0.2, -0.15) is 13.2 Å². The highest BCUT2D eigenvalue weighted by Crippen LogP contribution is 2.39. The Balaban J connectivity index is 4.18. The molecule has 0 aromatic heterocycles. The van der Waals surface area contributed by atoms with E-state index in [-0.39, 0.29) is 11.1 Å². The van der Waals surface area contributed by atoms with Gasteiger partial charge < -0.3 is 4.74 Å². The van der Waals surface area contributed by atoms with E-state index >= 15 is 0 Å². The summed E-state index contributed by atoms with van der Waals surface area (Å²) in [5.74, 6) is -0.999. The Hall–Kier alpha value is -3.34. The summed E-state index contributed by atoms with van der Waals surface area (Å²) in [7, 11) is 1.31. The molecule has 0 heterocycles. The maximum Gasteiger partial charge on any atom is 0.417 e. The van der Waals surface area contributed by atoms with E-state index < -0.39 is 23.6 Å². The van der Waals surface area contributed by atoms with Crippen molar-refractivity contribution in [2.75, 3.05) is 7.11 Å². The minimum absolute atomic E-state index is 0.0611. The van der Waals surface area contributed by atoms with Crippen LogP contribution in [0.5, 0.6) is 0 Å². The van der Waals surface area contributed by atoms with Gasteiger partial charge in [0.25, 0.3) is 0 Å². The van der Waals surface area contributed by atoms with E-state index in [1.165, 1.54) is 38.3 Å². The summed E-state index contributed by atoms with van der Waals surface area (Å²) in [5, 5.41) is 0. The summed E-state index contributed by atoms with van der Waals surface area (Å²) in [4.78, 5) is 12.1. The Morgan fingerprint density at radius 1 is 1.11 bits per heavy atom. The molecule has 1 aromatic rings. The standard InChI is InChI=1S/C30H35F3O2/c1-9-12-22(6)28(30(31,32)33)27(13-10-2)26-17-16-24(19-25(11-3)29(34)35-8)18-20(4)14-15-21(5)23(26)7/h9-18,25H,1,3,19H2,2,4-8H3/b13-10+,15-14?,17-16?,20-14?,20-18?,21-15?,22-12-,23-21?,24-16?,24-18?,26-17?,26-23?,28-27-/t25-/m0/s1. The molecule has 0 saturated carbocycles. The number of aryl methyl sites for hydroxylation is 2. The van der Waals surface area contributed by atoms with E-state index in [0.717, 1.165) is 16.7 Å². The lowest BCUT2D eigenvalue weighted by atomic mass is 9.90. The fourth-order valence-corrected chi connectivity index (χ4v) is 3.71. The summed E-state index contributed by atoms with van der Waals surface area (Å²) >= 11 is 0. The molecule has 1 atom stereocenters. The van der Waals surface area contributed by atoms with Gasteiger partial charge >= 0.3 is 12.1 Å². The Bertz CT molecular complexity index is 1100. The minimum Gasteiger partial charge on any atom is -0.469 e. The van der Waals surface area contributed by atoms with Gasteiger partial charge in [-0.15, -0.1) is 6.58 Å². The Morgan fingerprint density at radius 3 is 2.29 bits per heavy atom. The van der Waals surface area contributed by atoms with Crippen LogP contribution in [0, 0.1) is 26.7 Å². The minimum atomic E-state index is -4.58. The van der Waals surface area contributed by atoms with E-state index in [1.807, 2.05) is 39.0 Å². The van der Waals surface area contributed by atoms with Crippen molar-refractivity contribution in [2.45, 2.75) is 47.2 Å². The van der Waals surface area contributed by atoms with Gasteiger partial charge in [0, 0.05) is 0 Å². The number of allylic oxidation sites excluding steroid dienone is 7. The van der Waals surface area contributed by atoms with Gasteiger partial charge in [-0.3, -0.25) is 4.79 Å². The second-order valence-electron chi connectivity index (χ2n) is 8.29. The first-order chi connectivity index (χ1) is 16.4. The fourth-order valence-electron chi connectivity index (χ4n) is 3.71. The van der Waals surface area contributed by atoms with Crippen LogP contribution >= 0.6 is 0 Å². The molecule has 0 saturated heterocycles. The first-order valence-corrected chi connectivity index (χ1v) is 11.3. The highest BCUT2D eigenvalue weighted by Gasteiger charge is 2.37. The number of carbonyl (C=O) groups excluding carboxylic acids is 1. The molecule has 0 amide bonds. The van der Waals surface area contributed by atoms with Crippen molar-refractivity contribution in [3.63, 3.8) is 0 Å². The zero-order chi connectivity index (χ0) is 26.8. The number of hydrogen-bond donors (Lipinski definition) is 0. The van der Waals surface area contributed by atoms with Gasteiger partial charge in [0.1, 0.15) is 0 Å². The Kier molecular flexibility index (Phi) is 11.5. The normalized spacial score (nSPS) is 13.6. The number of rotatable bonds is 8. The summed E-state index contributed by atoms with van der Waals surface area (Å²) < 4.78 is 47.9. The van der Waals surface area contributed by atoms with E-state index in [2.05, 4.69) is 13.2 Å². The SMILES string of the molecule is C=C\C=C(C)/C(=C(\C=C\C)c1ccc(C[C@H](C=C)C(=O)OC)cc(C)ccc(C)c1C)C(F)(F)F. The van der Waals surface area contributed by atoms with Crippen LogP contribution in [0.15, 0.2) is 85.0 Å². The average molecular weight is 485 g/mol. The van der Waals surface area contributed by atoms with Crippen molar-refractivity contribution in [1.82, 2.24) is 0 Å². The third-order valence-corrected chi connectivity index (χ3v) is 5.65. The largest absolute Gasteiger partial charge is 0.469 e. The van der Waals surface area contributed by atoms with Crippen LogP contribution in [0.2, 0.25) is 0 Å². The number of esters is 1. The highest BCUT2D eigenvalue weighted by atomic mass is 19.4. The Labute approximate surface area is 207 Å². The lowest BCUT2D eigenvalue weighted by Gasteiger charge is -2.19. The van der Waals surface area contributed by atoms with Gasteiger partial charge in [-0.25, -0.2) is 0 Å². The van der Waals surface area contributed by atoms with Crippen LogP contribution in [-0.2, 0) is 16.0 Å². The zero-order valence-electron chi connectivity index (χ0n) is 21.4. The van der Waals surface area contributed by atoms with Gasteiger partial charge in [0.2, 0.25) is 0 Å². The van der Waals surface area contributed by atoms with Crippen molar-refractivity contribution in [1.29, 1.82) is 0 Å². The molecule has 35 heavy (non-hydrogen) atoms. The van der Waals surface area contributed by atoms with Crippen molar-refractivity contribution in [2.24, 2.45) is 5.92 Å². The number of hydrogen-bond acceptors (Lipinski definition) is 2. The number of ether oxygens (including phenoxy) is 1. The molecule has 0 spiro atoms. The maximum absolute atomic E-state index is 14.3. The second kappa shape index (κ2) is 13.5. The third-order valence-electron chi connectivity index (χ3n) is 5.65. The molecule has 0 aliphatic carbocycles. The first-order valence-electron chi connectivity index (χ1n) is 11.3. The van der Waals surface area contributed by atoms with Crippen LogP contribution in [0.25, 0.3) is 5.57 Å². The lowest BCUT2D eigenvalue weighted by Crippen LogP contribution is -2.16. The summed E-state index contributed by atoms with van der Waals surface area (Å²) in [6.07, 6.45) is 3.02. The zero-order valence-corrected chi connectivity index (χ0v) is 21.4. The number of halogens is 3. The molecule has 0 aliphatic heterocycles. The van der Waals surface area contributed by atoms with Crippen molar-refractivity contribution in [3.05, 3.63) is 113 Å². The van der Waals surface area contributed by atoms with Crippen molar-refractivity contribution in [3.8, 4) is 0 Å².